The van der Waals surface area contributed by atoms with Crippen molar-refractivity contribution in [3.8, 4) is 5.75 Å². The van der Waals surface area contributed by atoms with Gasteiger partial charge in [0.1, 0.15) is 0 Å². The van der Waals surface area contributed by atoms with Crippen molar-refractivity contribution in [3.05, 3.63) is 53.1 Å². The normalized spacial score (nSPS) is 9.15. The third kappa shape index (κ3) is 10.9. The third-order valence-electron chi connectivity index (χ3n) is 3.04. The summed E-state index contributed by atoms with van der Waals surface area (Å²) in [4.78, 5) is 18.0. The molecule has 2 aromatic rings. The van der Waals surface area contributed by atoms with Gasteiger partial charge in [0.15, 0.2) is 0 Å². The maximum atomic E-state index is 9.00. The third-order valence-corrected chi connectivity index (χ3v) is 9.49. The van der Waals surface area contributed by atoms with E-state index in [9.17, 15) is 0 Å². The Balaban J connectivity index is 0.000000662. The van der Waals surface area contributed by atoms with Crippen LogP contribution >= 0.6 is 0 Å². The fourth-order valence-electron chi connectivity index (χ4n) is 2.20. The van der Waals surface area contributed by atoms with Crippen molar-refractivity contribution in [2.45, 2.75) is 34.6 Å². The van der Waals surface area contributed by atoms with Gasteiger partial charge in [0.2, 0.25) is 0 Å². The van der Waals surface area contributed by atoms with E-state index in [1.807, 2.05) is 0 Å². The second kappa shape index (κ2) is 12.5. The molecule has 0 aromatic heterocycles. The van der Waals surface area contributed by atoms with Gasteiger partial charge in [-0.15, -0.1) is 0 Å². The molecule has 2 N–H and O–H groups in total. The summed E-state index contributed by atoms with van der Waals surface area (Å²) < 4.78 is 8.35. The Bertz CT molecular complexity index is 680. The van der Waals surface area contributed by atoms with Gasteiger partial charge < -0.3 is 10.2 Å². The number of aryl methyl sites for hydroxylation is 3. The molecule has 26 heavy (non-hydrogen) atoms. The summed E-state index contributed by atoms with van der Waals surface area (Å²) in [6.07, 6.45) is 0. The minimum atomic E-state index is -0.937. The predicted octanol–water partition coefficient (Wildman–Crippen LogP) is 2.46. The molecular weight excluding hydrogens is 527 g/mol. The van der Waals surface area contributed by atoms with Gasteiger partial charge in [-0.25, -0.2) is 0 Å². The van der Waals surface area contributed by atoms with Crippen molar-refractivity contribution in [1.29, 1.82) is 0 Å². The van der Waals surface area contributed by atoms with Crippen LogP contribution in [0.1, 0.15) is 30.5 Å². The summed E-state index contributed by atoms with van der Waals surface area (Å²) >= 11 is -0.937. The number of carboxylic acid groups (broad SMARTS) is 2. The van der Waals surface area contributed by atoms with Gasteiger partial charge in [0, 0.05) is 13.8 Å². The molecule has 0 saturated heterocycles. The van der Waals surface area contributed by atoms with Crippen molar-refractivity contribution >= 4 is 42.4 Å². The van der Waals surface area contributed by atoms with Crippen LogP contribution in [0.4, 0.5) is 0 Å². The first-order valence-electron chi connectivity index (χ1n) is 7.94. The number of aliphatic carboxylic acids is 2. The summed E-state index contributed by atoms with van der Waals surface area (Å²) in [6, 6.07) is 13.2. The van der Waals surface area contributed by atoms with E-state index in [0.717, 1.165) is 19.6 Å². The van der Waals surface area contributed by atoms with Crippen LogP contribution in [0.2, 0.25) is 0 Å². The van der Waals surface area contributed by atoms with Crippen LogP contribution in [0.15, 0.2) is 36.4 Å². The van der Waals surface area contributed by atoms with Crippen LogP contribution in [-0.2, 0) is 9.59 Å². The Morgan fingerprint density at radius 3 is 1.62 bits per heavy atom. The first-order chi connectivity index (χ1) is 12.1. The summed E-state index contributed by atoms with van der Waals surface area (Å²) in [5.74, 6) is -0.722. The van der Waals surface area contributed by atoms with Gasteiger partial charge in [-0.05, 0) is 0 Å². The molecule has 2 radical (unpaired) electrons. The fourth-order valence-corrected chi connectivity index (χ4v) is 6.71. The first-order valence-corrected chi connectivity index (χ1v) is 11.8. The molecule has 0 saturated carbocycles. The van der Waals surface area contributed by atoms with Crippen LogP contribution in [-0.4, -0.2) is 53.5 Å². The monoisotopic (exact) mass is 554 g/mol. The Labute approximate surface area is 167 Å². The van der Waals surface area contributed by atoms with Gasteiger partial charge >= 0.3 is 122 Å². The quantitative estimate of drug-likeness (QED) is 0.571. The van der Waals surface area contributed by atoms with Crippen LogP contribution < -0.4 is 11.0 Å². The molecule has 2 aromatic carbocycles. The molecule has 5 nitrogen and oxygen atoms in total. The van der Waals surface area contributed by atoms with Crippen molar-refractivity contribution in [2.24, 2.45) is 0 Å². The average molecular weight is 554 g/mol. The molecule has 6 heteroatoms. The molecular formula is C20H26O5Pb. The van der Waals surface area contributed by atoms with Crippen LogP contribution in [0, 0.1) is 20.8 Å². The number of benzene rings is 2. The Morgan fingerprint density at radius 2 is 1.27 bits per heavy atom. The molecule has 0 atom stereocenters. The van der Waals surface area contributed by atoms with E-state index in [-0.39, 0.29) is 0 Å². The molecule has 0 spiro atoms. The summed E-state index contributed by atoms with van der Waals surface area (Å²) in [5, 5.41) is 14.8. The van der Waals surface area contributed by atoms with Gasteiger partial charge in [0.05, 0.1) is 0 Å². The van der Waals surface area contributed by atoms with Gasteiger partial charge in [-0.3, -0.25) is 9.59 Å². The Morgan fingerprint density at radius 1 is 0.885 bits per heavy atom. The van der Waals surface area contributed by atoms with E-state index < -0.39 is 36.2 Å². The zero-order chi connectivity index (χ0) is 20.3. The number of rotatable bonds is 3. The molecule has 0 aliphatic heterocycles. The average Bonchev–Trinajstić information content (AvgIpc) is 2.50. The number of methoxy groups -OCH3 is 1. The predicted molar refractivity (Wildman–Crippen MR) is 105 cm³/mol. The van der Waals surface area contributed by atoms with Crippen molar-refractivity contribution in [3.63, 3.8) is 0 Å². The summed E-state index contributed by atoms with van der Waals surface area (Å²) in [7, 11) is 1.71. The van der Waals surface area contributed by atoms with Crippen molar-refractivity contribution < 1.29 is 24.5 Å². The van der Waals surface area contributed by atoms with Crippen molar-refractivity contribution in [1.82, 2.24) is 0 Å². The Hall–Kier alpha value is -1.90. The number of hydrogen-bond acceptors (Lipinski definition) is 3. The minimum absolute atomic E-state index is 0.833. The molecule has 0 aliphatic rings. The molecule has 2 rings (SSSR count). The SMILES string of the molecule is CC(=O)O.CC(=O)O.COc1cc[c]([Pb][c]2c(C)cc(C)cc2C)cc1. The number of carbonyl (C=O) groups is 2. The fraction of sp³-hybridized carbons (Fsp3) is 0.300. The van der Waals surface area contributed by atoms with E-state index >= 15 is 0 Å². The first kappa shape index (κ1) is 24.1. The molecule has 0 amide bonds. The maximum absolute atomic E-state index is 9.00. The number of ether oxygens (including phenoxy) is 1. The summed E-state index contributed by atoms with van der Waals surface area (Å²) in [5.41, 5.74) is 4.30. The Kier molecular flexibility index (Phi) is 11.5. The second-order valence-corrected chi connectivity index (χ2v) is 10.8. The molecule has 0 fully saturated rings. The summed E-state index contributed by atoms with van der Waals surface area (Å²) in [6.45, 7) is 8.82. The van der Waals surface area contributed by atoms with Gasteiger partial charge in [-0.2, -0.15) is 0 Å². The topological polar surface area (TPSA) is 83.8 Å². The zero-order valence-corrected chi connectivity index (χ0v) is 20.0. The van der Waals surface area contributed by atoms with Gasteiger partial charge in [-0.1, -0.05) is 0 Å². The van der Waals surface area contributed by atoms with Crippen molar-refractivity contribution in [2.75, 3.05) is 7.11 Å². The van der Waals surface area contributed by atoms with Crippen LogP contribution in [0.25, 0.3) is 0 Å². The zero-order valence-electron chi connectivity index (χ0n) is 16.1. The molecule has 0 aliphatic carbocycles. The molecule has 0 heterocycles. The molecule has 0 bridgehead atoms. The number of hydrogen-bond donors (Lipinski definition) is 2. The van der Waals surface area contributed by atoms with E-state index in [0.29, 0.717) is 0 Å². The van der Waals surface area contributed by atoms with Crippen LogP contribution in [0.3, 0.4) is 0 Å². The van der Waals surface area contributed by atoms with Gasteiger partial charge in [0.25, 0.3) is 11.9 Å². The second-order valence-electron chi connectivity index (χ2n) is 5.67. The van der Waals surface area contributed by atoms with E-state index in [4.69, 9.17) is 24.5 Å². The number of carboxylic acids is 2. The molecule has 140 valence electrons. The van der Waals surface area contributed by atoms with E-state index in [1.165, 1.54) is 19.8 Å². The van der Waals surface area contributed by atoms with E-state index in [2.05, 4.69) is 57.2 Å². The van der Waals surface area contributed by atoms with Crippen LogP contribution in [0.5, 0.6) is 5.75 Å². The standard InChI is InChI=1S/C9H11.C7H7O.2C2H4O2.Pb/c1-7-4-8(2)6-9(3)5-7;1-8-7-5-3-2-4-6-7;2*1-2(3)4;/h4-5H,1-3H3;3-6H,1H3;2*1H3,(H,3,4);. The molecule has 0 unspecified atom stereocenters. The van der Waals surface area contributed by atoms with E-state index in [1.54, 1.807) is 10.2 Å².